The van der Waals surface area contributed by atoms with Gasteiger partial charge in [-0.3, -0.25) is 0 Å². The number of aryl methyl sites for hydroxylation is 1. The van der Waals surface area contributed by atoms with Crippen LogP contribution < -0.4 is 9.47 Å². The minimum absolute atomic E-state index is 0.208. The standard InChI is InChI=1S/C19H27NO4/c1-13-11-16-17(23-10-9-22-16)12-15(13)14-5-7-20(8-6-14)18(21)24-19(2,3)4/h11-12,14H,5-10H2,1-4H3. The fraction of sp³-hybridized carbons (Fsp3) is 0.632. The summed E-state index contributed by atoms with van der Waals surface area (Å²) in [5.41, 5.74) is 2.10. The number of carbonyl (C=O) groups is 1. The molecule has 0 unspecified atom stereocenters. The van der Waals surface area contributed by atoms with Gasteiger partial charge in [0.2, 0.25) is 0 Å². The van der Waals surface area contributed by atoms with Gasteiger partial charge in [0.05, 0.1) is 0 Å². The largest absolute Gasteiger partial charge is 0.486 e. The molecule has 0 aliphatic carbocycles. The number of benzene rings is 1. The van der Waals surface area contributed by atoms with Crippen LogP contribution in [0.3, 0.4) is 0 Å². The molecular formula is C19H27NO4. The first kappa shape index (κ1) is 16.9. The van der Waals surface area contributed by atoms with Crippen molar-refractivity contribution < 1.29 is 19.0 Å². The Bertz CT molecular complexity index is 613. The third-order valence-corrected chi connectivity index (χ3v) is 4.52. The molecule has 0 atom stereocenters. The van der Waals surface area contributed by atoms with Gasteiger partial charge in [0, 0.05) is 13.1 Å². The maximum absolute atomic E-state index is 12.2. The van der Waals surface area contributed by atoms with Crippen molar-refractivity contribution in [2.45, 2.75) is 52.1 Å². The quantitative estimate of drug-likeness (QED) is 0.782. The topological polar surface area (TPSA) is 48.0 Å². The minimum atomic E-state index is -0.444. The van der Waals surface area contributed by atoms with Crippen LogP contribution in [0.5, 0.6) is 11.5 Å². The van der Waals surface area contributed by atoms with Crippen molar-refractivity contribution in [2.75, 3.05) is 26.3 Å². The number of rotatable bonds is 1. The Labute approximate surface area is 143 Å². The van der Waals surface area contributed by atoms with E-state index in [2.05, 4.69) is 19.1 Å². The van der Waals surface area contributed by atoms with Crippen molar-refractivity contribution in [1.82, 2.24) is 4.90 Å². The number of hydrogen-bond donors (Lipinski definition) is 0. The van der Waals surface area contributed by atoms with Gasteiger partial charge in [-0.2, -0.15) is 0 Å². The van der Waals surface area contributed by atoms with E-state index in [9.17, 15) is 4.79 Å². The van der Waals surface area contributed by atoms with Gasteiger partial charge in [0.1, 0.15) is 18.8 Å². The average molecular weight is 333 g/mol. The Balaban J connectivity index is 1.66. The summed E-state index contributed by atoms with van der Waals surface area (Å²) in [7, 11) is 0. The maximum atomic E-state index is 12.2. The van der Waals surface area contributed by atoms with Crippen LogP contribution in [-0.2, 0) is 4.74 Å². The van der Waals surface area contributed by atoms with E-state index in [4.69, 9.17) is 14.2 Å². The fourth-order valence-electron chi connectivity index (χ4n) is 3.35. The molecule has 1 aromatic carbocycles. The van der Waals surface area contributed by atoms with Gasteiger partial charge in [0.25, 0.3) is 0 Å². The van der Waals surface area contributed by atoms with Crippen LogP contribution in [0.15, 0.2) is 12.1 Å². The molecule has 5 heteroatoms. The highest BCUT2D eigenvalue weighted by Gasteiger charge is 2.29. The number of amides is 1. The first-order valence-corrected chi connectivity index (χ1v) is 8.71. The summed E-state index contributed by atoms with van der Waals surface area (Å²) < 4.78 is 16.8. The summed E-state index contributed by atoms with van der Waals surface area (Å²) in [4.78, 5) is 14.0. The lowest BCUT2D eigenvalue weighted by Gasteiger charge is -2.34. The van der Waals surface area contributed by atoms with Crippen LogP contribution in [0.25, 0.3) is 0 Å². The Morgan fingerprint density at radius 3 is 2.29 bits per heavy atom. The smallest absolute Gasteiger partial charge is 0.410 e. The van der Waals surface area contributed by atoms with Crippen LogP contribution in [-0.4, -0.2) is 42.9 Å². The summed E-state index contributed by atoms with van der Waals surface area (Å²) in [6, 6.07) is 4.20. The summed E-state index contributed by atoms with van der Waals surface area (Å²) in [5.74, 6) is 2.13. The molecule has 1 aromatic rings. The lowest BCUT2D eigenvalue weighted by atomic mass is 9.86. The van der Waals surface area contributed by atoms with Crippen molar-refractivity contribution in [3.05, 3.63) is 23.3 Å². The molecule has 2 aliphatic rings. The number of nitrogens with zero attached hydrogens (tertiary/aromatic N) is 1. The number of likely N-dealkylation sites (tertiary alicyclic amines) is 1. The summed E-state index contributed by atoms with van der Waals surface area (Å²) >= 11 is 0. The van der Waals surface area contributed by atoms with Gasteiger partial charge in [-0.15, -0.1) is 0 Å². The minimum Gasteiger partial charge on any atom is -0.486 e. The van der Waals surface area contributed by atoms with Gasteiger partial charge in [-0.25, -0.2) is 4.79 Å². The molecule has 0 spiro atoms. The van der Waals surface area contributed by atoms with E-state index in [-0.39, 0.29) is 6.09 Å². The number of carbonyl (C=O) groups excluding carboxylic acids is 1. The predicted octanol–water partition coefficient (Wildman–Crippen LogP) is 3.88. The molecular weight excluding hydrogens is 306 g/mol. The molecule has 5 nitrogen and oxygen atoms in total. The molecule has 2 aliphatic heterocycles. The van der Waals surface area contributed by atoms with Crippen molar-refractivity contribution in [1.29, 1.82) is 0 Å². The average Bonchev–Trinajstić information content (AvgIpc) is 2.53. The van der Waals surface area contributed by atoms with E-state index in [0.29, 0.717) is 19.1 Å². The zero-order chi connectivity index (χ0) is 17.3. The van der Waals surface area contributed by atoms with Gasteiger partial charge in [-0.1, -0.05) is 0 Å². The highest BCUT2D eigenvalue weighted by Crippen LogP contribution is 2.38. The molecule has 0 N–H and O–H groups in total. The monoisotopic (exact) mass is 333 g/mol. The molecule has 0 radical (unpaired) electrons. The molecule has 0 aromatic heterocycles. The molecule has 1 fully saturated rings. The first-order valence-electron chi connectivity index (χ1n) is 8.71. The van der Waals surface area contributed by atoms with Crippen LogP contribution in [0.4, 0.5) is 4.79 Å². The van der Waals surface area contributed by atoms with Gasteiger partial charge in [0.15, 0.2) is 11.5 Å². The van der Waals surface area contributed by atoms with Gasteiger partial charge in [-0.05, 0) is 69.7 Å². The van der Waals surface area contributed by atoms with Crippen LogP contribution >= 0.6 is 0 Å². The van der Waals surface area contributed by atoms with Crippen LogP contribution in [0.1, 0.15) is 50.7 Å². The van der Waals surface area contributed by atoms with Crippen molar-refractivity contribution in [2.24, 2.45) is 0 Å². The number of ether oxygens (including phenoxy) is 3. The fourth-order valence-corrected chi connectivity index (χ4v) is 3.35. The Morgan fingerprint density at radius 1 is 1.12 bits per heavy atom. The van der Waals surface area contributed by atoms with Crippen LogP contribution in [0, 0.1) is 6.92 Å². The summed E-state index contributed by atoms with van der Waals surface area (Å²) in [6.45, 7) is 10.5. The zero-order valence-corrected chi connectivity index (χ0v) is 15.1. The van der Waals surface area contributed by atoms with E-state index in [0.717, 1.165) is 37.4 Å². The molecule has 1 saturated heterocycles. The second-order valence-electron chi connectivity index (χ2n) is 7.59. The molecule has 132 valence electrons. The Morgan fingerprint density at radius 2 is 1.71 bits per heavy atom. The van der Waals surface area contributed by atoms with E-state index in [1.807, 2.05) is 25.7 Å². The van der Waals surface area contributed by atoms with Gasteiger partial charge < -0.3 is 19.1 Å². The summed E-state index contributed by atoms with van der Waals surface area (Å²) in [6.07, 6.45) is 1.68. The highest BCUT2D eigenvalue weighted by molar-refractivity contribution is 5.68. The number of piperidine rings is 1. The normalized spacial score (nSPS) is 18.4. The highest BCUT2D eigenvalue weighted by atomic mass is 16.6. The van der Waals surface area contributed by atoms with Crippen molar-refractivity contribution in [3.8, 4) is 11.5 Å². The predicted molar refractivity (Wildman–Crippen MR) is 92.0 cm³/mol. The molecule has 0 saturated carbocycles. The van der Waals surface area contributed by atoms with Gasteiger partial charge >= 0.3 is 6.09 Å². The molecule has 3 rings (SSSR count). The van der Waals surface area contributed by atoms with Crippen molar-refractivity contribution in [3.63, 3.8) is 0 Å². The van der Waals surface area contributed by atoms with Crippen molar-refractivity contribution >= 4 is 6.09 Å². The second-order valence-corrected chi connectivity index (χ2v) is 7.59. The SMILES string of the molecule is Cc1cc2c(cc1C1CCN(C(=O)OC(C)(C)C)CC1)OCCO2. The molecule has 24 heavy (non-hydrogen) atoms. The van der Waals surface area contributed by atoms with Crippen LogP contribution in [0.2, 0.25) is 0 Å². The third-order valence-electron chi connectivity index (χ3n) is 4.52. The summed E-state index contributed by atoms with van der Waals surface area (Å²) in [5, 5.41) is 0. The second kappa shape index (κ2) is 6.54. The first-order chi connectivity index (χ1) is 11.3. The van der Waals surface area contributed by atoms with E-state index < -0.39 is 5.60 Å². The Hall–Kier alpha value is -1.91. The number of hydrogen-bond acceptors (Lipinski definition) is 4. The third kappa shape index (κ3) is 3.77. The van der Waals surface area contributed by atoms with E-state index in [1.165, 1.54) is 11.1 Å². The van der Waals surface area contributed by atoms with E-state index in [1.54, 1.807) is 0 Å². The lowest BCUT2D eigenvalue weighted by Crippen LogP contribution is -2.41. The maximum Gasteiger partial charge on any atom is 0.410 e. The lowest BCUT2D eigenvalue weighted by molar-refractivity contribution is 0.0204. The molecule has 1 amide bonds. The zero-order valence-electron chi connectivity index (χ0n) is 15.1. The molecule has 2 heterocycles. The Kier molecular flexibility index (Phi) is 4.61. The molecule has 0 bridgehead atoms. The van der Waals surface area contributed by atoms with E-state index >= 15 is 0 Å². The number of fused-ring (bicyclic) bond motifs is 1.